The van der Waals surface area contributed by atoms with Crippen LogP contribution in [-0.2, 0) is 0 Å². The van der Waals surface area contributed by atoms with Crippen LogP contribution in [0.1, 0.15) is 24.4 Å². The smallest absolute Gasteiger partial charge is 0.191 e. The van der Waals surface area contributed by atoms with Crippen LogP contribution in [0.2, 0.25) is 5.02 Å². The molecule has 2 N–H and O–H groups in total. The van der Waals surface area contributed by atoms with Gasteiger partial charge in [-0.3, -0.25) is 9.67 Å². The van der Waals surface area contributed by atoms with Crippen LogP contribution in [0.15, 0.2) is 47.7 Å². The third-order valence-electron chi connectivity index (χ3n) is 4.31. The molecule has 8 heteroatoms. The summed E-state index contributed by atoms with van der Waals surface area (Å²) in [5.41, 5.74) is 1.16. The molecule has 0 saturated carbocycles. The van der Waals surface area contributed by atoms with Crippen molar-refractivity contribution in [3.63, 3.8) is 0 Å². The molecule has 142 valence electrons. The highest BCUT2D eigenvalue weighted by Gasteiger charge is 2.17. The summed E-state index contributed by atoms with van der Waals surface area (Å²) < 4.78 is 1.95. The molecule has 5 nitrogen and oxygen atoms in total. The van der Waals surface area contributed by atoms with E-state index >= 15 is 0 Å². The summed E-state index contributed by atoms with van der Waals surface area (Å²) in [6.45, 7) is 1.65. The Labute approximate surface area is 181 Å². The largest absolute Gasteiger partial charge is 0.355 e. The number of nitrogens with one attached hydrogen (secondary N) is 2. The van der Waals surface area contributed by atoms with Gasteiger partial charge in [0.1, 0.15) is 0 Å². The lowest BCUT2D eigenvalue weighted by atomic mass is 10.1. The Morgan fingerprint density at radius 1 is 1.38 bits per heavy atom. The lowest BCUT2D eigenvalue weighted by Gasteiger charge is -2.21. The second-order valence-electron chi connectivity index (χ2n) is 6.02. The van der Waals surface area contributed by atoms with Crippen molar-refractivity contribution >= 4 is 53.3 Å². The van der Waals surface area contributed by atoms with Crippen LogP contribution in [0.25, 0.3) is 0 Å². The average molecular weight is 506 g/mol. The van der Waals surface area contributed by atoms with Gasteiger partial charge in [0.15, 0.2) is 5.96 Å². The number of thioether (sulfide) groups is 1. The predicted octanol–water partition coefficient (Wildman–Crippen LogP) is 3.80. The summed E-state index contributed by atoms with van der Waals surface area (Å²) in [6.07, 6.45) is 6.38. The van der Waals surface area contributed by atoms with E-state index in [0.717, 1.165) is 23.1 Å². The number of aliphatic imine (C=N–C) groups is 1. The molecule has 0 radical (unpaired) electrons. The minimum absolute atomic E-state index is 0. The first-order valence-electron chi connectivity index (χ1n) is 8.57. The fourth-order valence-corrected chi connectivity index (χ4v) is 4.27. The minimum atomic E-state index is 0. The highest BCUT2D eigenvalue weighted by atomic mass is 127. The van der Waals surface area contributed by atoms with Gasteiger partial charge in [-0.2, -0.15) is 16.9 Å². The number of guanidine groups is 1. The zero-order valence-electron chi connectivity index (χ0n) is 14.8. The lowest BCUT2D eigenvalue weighted by molar-refractivity contribution is 0.510. The van der Waals surface area contributed by atoms with Gasteiger partial charge in [-0.15, -0.1) is 24.0 Å². The van der Waals surface area contributed by atoms with E-state index in [-0.39, 0.29) is 30.0 Å². The van der Waals surface area contributed by atoms with Gasteiger partial charge >= 0.3 is 0 Å². The first-order valence-corrected chi connectivity index (χ1v) is 9.99. The Morgan fingerprint density at radius 2 is 2.19 bits per heavy atom. The predicted molar refractivity (Wildman–Crippen MR) is 122 cm³/mol. The molecule has 3 rings (SSSR count). The quantitative estimate of drug-likeness (QED) is 0.356. The number of halogens is 2. The summed E-state index contributed by atoms with van der Waals surface area (Å²) >= 11 is 8.07. The fourth-order valence-electron chi connectivity index (χ4n) is 2.94. The van der Waals surface area contributed by atoms with Gasteiger partial charge in [0.2, 0.25) is 0 Å². The van der Waals surface area contributed by atoms with Crippen molar-refractivity contribution in [1.29, 1.82) is 0 Å². The zero-order chi connectivity index (χ0) is 17.5. The van der Waals surface area contributed by atoms with Crippen molar-refractivity contribution in [3.05, 3.63) is 53.3 Å². The molecule has 1 aliphatic heterocycles. The van der Waals surface area contributed by atoms with Crippen molar-refractivity contribution in [2.45, 2.75) is 24.1 Å². The molecule has 1 fully saturated rings. The first kappa shape index (κ1) is 21.4. The van der Waals surface area contributed by atoms with Crippen molar-refractivity contribution in [3.8, 4) is 0 Å². The summed E-state index contributed by atoms with van der Waals surface area (Å²) in [6, 6.07) is 9.93. The number of aromatic nitrogens is 2. The molecule has 1 saturated heterocycles. The lowest BCUT2D eigenvalue weighted by Crippen LogP contribution is -2.42. The van der Waals surface area contributed by atoms with Crippen molar-refractivity contribution in [1.82, 2.24) is 20.4 Å². The van der Waals surface area contributed by atoms with E-state index < -0.39 is 0 Å². The maximum absolute atomic E-state index is 6.03. The summed E-state index contributed by atoms with van der Waals surface area (Å²) in [5.74, 6) is 2.11. The molecule has 2 unspecified atom stereocenters. The molecule has 1 aromatic heterocycles. The molecule has 0 spiro atoms. The molecule has 0 amide bonds. The molecular formula is C18H25ClIN5S. The molecule has 2 atom stereocenters. The van der Waals surface area contributed by atoms with E-state index in [0.29, 0.717) is 11.8 Å². The van der Waals surface area contributed by atoms with Crippen molar-refractivity contribution < 1.29 is 0 Å². The van der Waals surface area contributed by atoms with Crippen LogP contribution in [0.5, 0.6) is 0 Å². The van der Waals surface area contributed by atoms with Gasteiger partial charge in [0.05, 0.1) is 6.04 Å². The maximum Gasteiger partial charge on any atom is 0.191 e. The molecule has 0 aliphatic carbocycles. The molecule has 26 heavy (non-hydrogen) atoms. The number of benzene rings is 1. The standard InChI is InChI=1S/C18H24ClN5S.HI/c1-20-18(21-12-16-4-2-11-25-16)22-13-17(24-10-3-9-23-24)14-5-7-15(19)8-6-14;/h3,5-10,16-17H,2,4,11-13H2,1H3,(H2,20,21,22);1H. The van der Waals surface area contributed by atoms with Crippen LogP contribution in [-0.4, -0.2) is 46.9 Å². The van der Waals surface area contributed by atoms with Crippen molar-refractivity contribution in [2.75, 3.05) is 25.9 Å². The number of rotatable bonds is 6. The Bertz CT molecular complexity index is 671. The zero-order valence-corrected chi connectivity index (χ0v) is 18.7. The normalized spacial score (nSPS) is 18.2. The van der Waals surface area contributed by atoms with E-state index in [1.807, 2.05) is 60.0 Å². The molecule has 0 bridgehead atoms. The molecule has 2 heterocycles. The average Bonchev–Trinajstić information content (AvgIpc) is 3.33. The van der Waals surface area contributed by atoms with Gasteiger partial charge in [-0.05, 0) is 42.4 Å². The highest BCUT2D eigenvalue weighted by Crippen LogP contribution is 2.25. The van der Waals surface area contributed by atoms with Gasteiger partial charge in [-0.25, -0.2) is 0 Å². The Morgan fingerprint density at radius 3 is 2.81 bits per heavy atom. The maximum atomic E-state index is 6.03. The Hall–Kier alpha value is -0.930. The SMILES string of the molecule is CN=C(NCC1CCCS1)NCC(c1ccc(Cl)cc1)n1cccn1.I. The number of nitrogens with zero attached hydrogens (tertiary/aromatic N) is 3. The number of hydrogen-bond donors (Lipinski definition) is 2. The van der Waals surface area contributed by atoms with Gasteiger partial charge in [0, 0.05) is 42.8 Å². The van der Waals surface area contributed by atoms with Gasteiger partial charge in [0.25, 0.3) is 0 Å². The molecule has 1 aromatic carbocycles. The first-order chi connectivity index (χ1) is 12.3. The third kappa shape index (κ3) is 6.06. The van der Waals surface area contributed by atoms with Crippen LogP contribution < -0.4 is 10.6 Å². The van der Waals surface area contributed by atoms with E-state index in [2.05, 4.69) is 20.7 Å². The second kappa shape index (κ2) is 11.0. The van der Waals surface area contributed by atoms with Crippen LogP contribution >= 0.6 is 47.3 Å². The van der Waals surface area contributed by atoms with Gasteiger partial charge in [-0.1, -0.05) is 23.7 Å². The summed E-state index contributed by atoms with van der Waals surface area (Å²) in [7, 11) is 1.81. The third-order valence-corrected chi connectivity index (χ3v) is 5.96. The Kier molecular flexibility index (Phi) is 9.07. The van der Waals surface area contributed by atoms with Crippen LogP contribution in [0.4, 0.5) is 0 Å². The van der Waals surface area contributed by atoms with Crippen molar-refractivity contribution in [2.24, 2.45) is 4.99 Å². The minimum Gasteiger partial charge on any atom is -0.355 e. The van der Waals surface area contributed by atoms with E-state index in [9.17, 15) is 0 Å². The van der Waals surface area contributed by atoms with Crippen LogP contribution in [0.3, 0.4) is 0 Å². The van der Waals surface area contributed by atoms with Crippen LogP contribution in [0, 0.1) is 0 Å². The molecule has 2 aromatic rings. The molecule has 1 aliphatic rings. The fraction of sp³-hybridized carbons (Fsp3) is 0.444. The molecular weight excluding hydrogens is 481 g/mol. The summed E-state index contributed by atoms with van der Waals surface area (Å²) in [4.78, 5) is 4.34. The highest BCUT2D eigenvalue weighted by molar-refractivity contribution is 14.0. The summed E-state index contributed by atoms with van der Waals surface area (Å²) in [5, 5.41) is 12.7. The Balaban J connectivity index is 0.00000243. The van der Waals surface area contributed by atoms with E-state index in [1.165, 1.54) is 18.6 Å². The topological polar surface area (TPSA) is 54.2 Å². The number of hydrogen-bond acceptors (Lipinski definition) is 3. The monoisotopic (exact) mass is 505 g/mol. The van der Waals surface area contributed by atoms with Gasteiger partial charge < -0.3 is 10.6 Å². The van der Waals surface area contributed by atoms with E-state index in [1.54, 1.807) is 6.20 Å². The van der Waals surface area contributed by atoms with E-state index in [4.69, 9.17) is 11.6 Å². The second-order valence-corrected chi connectivity index (χ2v) is 7.87.